The third-order valence-electron chi connectivity index (χ3n) is 3.59. The molecule has 0 aliphatic rings. The second-order valence-corrected chi connectivity index (χ2v) is 6.16. The zero-order valence-corrected chi connectivity index (χ0v) is 13.9. The molecule has 3 heteroatoms. The van der Waals surface area contributed by atoms with E-state index in [1.165, 1.54) is 28.1 Å². The highest BCUT2D eigenvalue weighted by Gasteiger charge is 2.12. The van der Waals surface area contributed by atoms with Gasteiger partial charge in [0.1, 0.15) is 0 Å². The zero-order chi connectivity index (χ0) is 15.4. The molecule has 0 atom stereocenters. The lowest BCUT2D eigenvalue weighted by Gasteiger charge is -2.12. The second kappa shape index (κ2) is 6.90. The largest absolute Gasteiger partial charge is 0.310 e. The summed E-state index contributed by atoms with van der Waals surface area (Å²) in [6, 6.07) is 7.11. The van der Waals surface area contributed by atoms with Crippen LogP contribution < -0.4 is 5.32 Å². The molecule has 0 saturated heterocycles. The van der Waals surface area contributed by atoms with Crippen molar-refractivity contribution in [1.29, 1.82) is 0 Å². The average molecular weight is 285 g/mol. The summed E-state index contributed by atoms with van der Waals surface area (Å²) >= 11 is 0. The highest BCUT2D eigenvalue weighted by atomic mass is 15.3. The monoisotopic (exact) mass is 285 g/mol. The van der Waals surface area contributed by atoms with Crippen LogP contribution in [0.15, 0.2) is 24.4 Å². The van der Waals surface area contributed by atoms with Crippen LogP contribution >= 0.6 is 0 Å². The predicted molar refractivity (Wildman–Crippen MR) is 89.0 cm³/mol. The van der Waals surface area contributed by atoms with Crippen LogP contribution in [0.2, 0.25) is 0 Å². The SMILES string of the molecule is CCCc1c(CNC(C)C)cnn1-c1cc(C)cc(C)c1. The number of hydrogen-bond acceptors (Lipinski definition) is 2. The molecule has 2 rings (SSSR count). The summed E-state index contributed by atoms with van der Waals surface area (Å²) in [4.78, 5) is 0. The topological polar surface area (TPSA) is 29.9 Å². The van der Waals surface area contributed by atoms with Crippen LogP contribution in [0.25, 0.3) is 5.69 Å². The summed E-state index contributed by atoms with van der Waals surface area (Å²) in [5.41, 5.74) is 6.38. The van der Waals surface area contributed by atoms with E-state index < -0.39 is 0 Å². The van der Waals surface area contributed by atoms with Gasteiger partial charge in [-0.1, -0.05) is 33.3 Å². The standard InChI is InChI=1S/C18H27N3/c1-6-7-18-16(11-19-13(2)3)12-20-21(18)17-9-14(4)8-15(5)10-17/h8-10,12-13,19H,6-7,11H2,1-5H3. The van der Waals surface area contributed by atoms with Crippen LogP contribution in [0.5, 0.6) is 0 Å². The molecule has 21 heavy (non-hydrogen) atoms. The van der Waals surface area contributed by atoms with Gasteiger partial charge in [-0.05, 0) is 43.5 Å². The fraction of sp³-hybridized carbons (Fsp3) is 0.500. The van der Waals surface area contributed by atoms with Crippen molar-refractivity contribution in [3.8, 4) is 5.69 Å². The average Bonchev–Trinajstić information content (AvgIpc) is 2.79. The molecule has 0 unspecified atom stereocenters. The molecule has 0 spiro atoms. The lowest BCUT2D eigenvalue weighted by Crippen LogP contribution is -2.22. The lowest BCUT2D eigenvalue weighted by molar-refractivity contribution is 0.585. The minimum Gasteiger partial charge on any atom is -0.310 e. The molecule has 0 bridgehead atoms. The van der Waals surface area contributed by atoms with Gasteiger partial charge in [0.05, 0.1) is 11.9 Å². The summed E-state index contributed by atoms with van der Waals surface area (Å²) in [7, 11) is 0. The molecule has 2 aromatic rings. The van der Waals surface area contributed by atoms with Crippen LogP contribution in [-0.4, -0.2) is 15.8 Å². The Bertz CT molecular complexity index is 576. The van der Waals surface area contributed by atoms with Crippen molar-refractivity contribution in [2.45, 2.75) is 60.0 Å². The van der Waals surface area contributed by atoms with E-state index in [1.807, 2.05) is 6.20 Å². The van der Waals surface area contributed by atoms with E-state index in [0.717, 1.165) is 19.4 Å². The molecule has 1 aromatic carbocycles. The summed E-state index contributed by atoms with van der Waals surface area (Å²) in [5.74, 6) is 0. The highest BCUT2D eigenvalue weighted by molar-refractivity contribution is 5.41. The van der Waals surface area contributed by atoms with E-state index in [-0.39, 0.29) is 0 Å². The van der Waals surface area contributed by atoms with Crippen molar-refractivity contribution in [1.82, 2.24) is 15.1 Å². The van der Waals surface area contributed by atoms with Gasteiger partial charge in [-0.15, -0.1) is 0 Å². The number of hydrogen-bond donors (Lipinski definition) is 1. The maximum Gasteiger partial charge on any atom is 0.0654 e. The third-order valence-corrected chi connectivity index (χ3v) is 3.59. The summed E-state index contributed by atoms with van der Waals surface area (Å²) in [6.07, 6.45) is 4.20. The Hall–Kier alpha value is -1.61. The van der Waals surface area contributed by atoms with Crippen LogP contribution in [0, 0.1) is 13.8 Å². The van der Waals surface area contributed by atoms with E-state index in [4.69, 9.17) is 0 Å². The van der Waals surface area contributed by atoms with Gasteiger partial charge in [0.2, 0.25) is 0 Å². The quantitative estimate of drug-likeness (QED) is 0.871. The summed E-state index contributed by atoms with van der Waals surface area (Å²) in [5, 5.41) is 8.14. The minimum atomic E-state index is 0.490. The van der Waals surface area contributed by atoms with Gasteiger partial charge >= 0.3 is 0 Å². The first-order valence-electron chi connectivity index (χ1n) is 7.89. The van der Waals surface area contributed by atoms with Crippen LogP contribution in [-0.2, 0) is 13.0 Å². The second-order valence-electron chi connectivity index (χ2n) is 6.16. The van der Waals surface area contributed by atoms with Crippen LogP contribution in [0.4, 0.5) is 0 Å². The fourth-order valence-corrected chi connectivity index (χ4v) is 2.67. The number of rotatable bonds is 6. The molecule has 0 aliphatic carbocycles. The van der Waals surface area contributed by atoms with Gasteiger partial charge in [0.25, 0.3) is 0 Å². The Morgan fingerprint density at radius 2 is 1.81 bits per heavy atom. The molecule has 1 aromatic heterocycles. The smallest absolute Gasteiger partial charge is 0.0654 e. The van der Waals surface area contributed by atoms with Crippen molar-refractivity contribution in [3.63, 3.8) is 0 Å². The molecule has 0 aliphatic heterocycles. The molecule has 1 heterocycles. The van der Waals surface area contributed by atoms with E-state index in [9.17, 15) is 0 Å². The Labute approximate surface area is 128 Å². The normalized spacial score (nSPS) is 11.3. The maximum absolute atomic E-state index is 4.64. The first-order chi connectivity index (χ1) is 10.0. The molecule has 1 N–H and O–H groups in total. The fourth-order valence-electron chi connectivity index (χ4n) is 2.67. The van der Waals surface area contributed by atoms with Gasteiger partial charge in [-0.3, -0.25) is 0 Å². The van der Waals surface area contributed by atoms with E-state index in [1.54, 1.807) is 0 Å². The van der Waals surface area contributed by atoms with Crippen molar-refractivity contribution >= 4 is 0 Å². The van der Waals surface area contributed by atoms with Crippen molar-refractivity contribution < 1.29 is 0 Å². The molecular weight excluding hydrogens is 258 g/mol. The molecule has 0 amide bonds. The third kappa shape index (κ3) is 3.94. The number of benzene rings is 1. The molecule has 3 nitrogen and oxygen atoms in total. The predicted octanol–water partition coefficient (Wildman–Crippen LogP) is 3.94. The zero-order valence-electron chi connectivity index (χ0n) is 13.9. The number of aryl methyl sites for hydroxylation is 2. The van der Waals surface area contributed by atoms with Gasteiger partial charge < -0.3 is 5.32 Å². The van der Waals surface area contributed by atoms with Gasteiger partial charge in [0, 0.05) is 23.8 Å². The number of aromatic nitrogens is 2. The number of nitrogens with one attached hydrogen (secondary N) is 1. The highest BCUT2D eigenvalue weighted by Crippen LogP contribution is 2.19. The van der Waals surface area contributed by atoms with E-state index >= 15 is 0 Å². The van der Waals surface area contributed by atoms with E-state index in [0.29, 0.717) is 6.04 Å². The van der Waals surface area contributed by atoms with E-state index in [2.05, 4.69) is 67.9 Å². The molecule has 114 valence electrons. The Morgan fingerprint density at radius 1 is 1.14 bits per heavy atom. The molecular formula is C18H27N3. The van der Waals surface area contributed by atoms with Gasteiger partial charge in [-0.25, -0.2) is 4.68 Å². The molecule has 0 fully saturated rings. The van der Waals surface area contributed by atoms with Crippen molar-refractivity contribution in [3.05, 3.63) is 46.8 Å². The summed E-state index contributed by atoms with van der Waals surface area (Å²) in [6.45, 7) is 11.7. The Balaban J connectivity index is 2.38. The number of nitrogens with zero attached hydrogens (tertiary/aromatic N) is 2. The Kier molecular flexibility index (Phi) is 5.18. The van der Waals surface area contributed by atoms with Crippen molar-refractivity contribution in [2.24, 2.45) is 0 Å². The van der Waals surface area contributed by atoms with Crippen LogP contribution in [0.1, 0.15) is 49.6 Å². The molecule has 0 radical (unpaired) electrons. The summed E-state index contributed by atoms with van der Waals surface area (Å²) < 4.78 is 2.11. The van der Waals surface area contributed by atoms with Gasteiger partial charge in [-0.2, -0.15) is 5.10 Å². The minimum absolute atomic E-state index is 0.490. The van der Waals surface area contributed by atoms with Crippen LogP contribution in [0.3, 0.4) is 0 Å². The maximum atomic E-state index is 4.64. The first kappa shape index (κ1) is 15.8. The van der Waals surface area contributed by atoms with Gasteiger partial charge in [0.15, 0.2) is 0 Å². The first-order valence-corrected chi connectivity index (χ1v) is 7.89. The van der Waals surface area contributed by atoms with Crippen molar-refractivity contribution in [2.75, 3.05) is 0 Å². The Morgan fingerprint density at radius 3 is 2.38 bits per heavy atom. The molecule has 0 saturated carbocycles. The lowest BCUT2D eigenvalue weighted by atomic mass is 10.1.